The monoisotopic (exact) mass is 332 g/mol. The van der Waals surface area contributed by atoms with Crippen molar-refractivity contribution in [2.24, 2.45) is 0 Å². The average Bonchev–Trinajstić information content (AvgIpc) is 2.57. The van der Waals surface area contributed by atoms with E-state index in [9.17, 15) is 9.59 Å². The second-order valence-electron chi connectivity index (χ2n) is 7.00. The molecule has 0 saturated carbocycles. The number of likely N-dealkylation sites (tertiary alicyclic amines) is 1. The van der Waals surface area contributed by atoms with Gasteiger partial charge in [-0.25, -0.2) is 0 Å². The number of anilines is 1. The lowest BCUT2D eigenvalue weighted by Gasteiger charge is -2.30. The summed E-state index contributed by atoms with van der Waals surface area (Å²) in [7, 11) is 1.91. The van der Waals surface area contributed by atoms with Gasteiger partial charge in [0.15, 0.2) is 12.6 Å². The predicted octanol–water partition coefficient (Wildman–Crippen LogP) is 1.16. The van der Waals surface area contributed by atoms with Crippen molar-refractivity contribution in [2.45, 2.75) is 46.1 Å². The van der Waals surface area contributed by atoms with Crippen molar-refractivity contribution in [3.05, 3.63) is 29.3 Å². The van der Waals surface area contributed by atoms with E-state index in [1.807, 2.05) is 50.9 Å². The van der Waals surface area contributed by atoms with Crippen molar-refractivity contribution >= 4 is 17.5 Å². The zero-order valence-electron chi connectivity index (χ0n) is 15.3. The Morgan fingerprint density at radius 2 is 1.88 bits per heavy atom. The van der Waals surface area contributed by atoms with Crippen LogP contribution in [-0.4, -0.2) is 49.4 Å². The van der Waals surface area contributed by atoms with Crippen LogP contribution in [0.5, 0.6) is 0 Å². The number of amides is 2. The van der Waals surface area contributed by atoms with Crippen LogP contribution in [0.4, 0.5) is 5.69 Å². The number of quaternary nitrogens is 1. The number of piperidine rings is 1. The maximum atomic E-state index is 12.6. The van der Waals surface area contributed by atoms with E-state index in [0.29, 0.717) is 0 Å². The lowest BCUT2D eigenvalue weighted by atomic mass is 10.1. The molecule has 1 unspecified atom stereocenters. The summed E-state index contributed by atoms with van der Waals surface area (Å²) >= 11 is 0. The summed E-state index contributed by atoms with van der Waals surface area (Å²) in [5.41, 5.74) is 3.01. The fraction of sp³-hybridized carbons (Fsp3) is 0.579. The van der Waals surface area contributed by atoms with Crippen molar-refractivity contribution < 1.29 is 14.5 Å². The third-order valence-corrected chi connectivity index (χ3v) is 4.88. The zero-order chi connectivity index (χ0) is 17.7. The van der Waals surface area contributed by atoms with E-state index in [-0.39, 0.29) is 24.4 Å². The van der Waals surface area contributed by atoms with E-state index in [1.54, 1.807) is 0 Å². The summed E-state index contributed by atoms with van der Waals surface area (Å²) in [6.45, 7) is 7.89. The molecule has 0 radical (unpaired) electrons. The number of benzene rings is 1. The molecule has 132 valence electrons. The van der Waals surface area contributed by atoms with Gasteiger partial charge in [0.2, 0.25) is 0 Å². The number of hydrogen-bond donors (Lipinski definition) is 2. The zero-order valence-corrected chi connectivity index (χ0v) is 15.3. The number of hydrogen-bond acceptors (Lipinski definition) is 2. The molecule has 1 heterocycles. The van der Waals surface area contributed by atoms with Gasteiger partial charge in [-0.3, -0.25) is 9.59 Å². The molecule has 2 rings (SSSR count). The Hall–Kier alpha value is -1.88. The molecule has 0 aliphatic carbocycles. The molecule has 1 aromatic rings. The number of likely N-dealkylation sites (N-methyl/N-ethyl adjacent to an activating group) is 1. The first-order valence-corrected chi connectivity index (χ1v) is 8.86. The van der Waals surface area contributed by atoms with E-state index in [2.05, 4.69) is 5.32 Å². The minimum atomic E-state index is -0.201. The van der Waals surface area contributed by atoms with Crippen LogP contribution in [0, 0.1) is 13.8 Å². The highest BCUT2D eigenvalue weighted by molar-refractivity contribution is 5.92. The molecule has 24 heavy (non-hydrogen) atoms. The molecule has 0 aromatic heterocycles. The molecule has 2 N–H and O–H groups in total. The summed E-state index contributed by atoms with van der Waals surface area (Å²) in [6, 6.07) is 5.81. The molecular weight excluding hydrogens is 302 g/mol. The third-order valence-electron chi connectivity index (χ3n) is 4.88. The Kier molecular flexibility index (Phi) is 6.37. The number of rotatable bonds is 5. The predicted molar refractivity (Wildman–Crippen MR) is 96.2 cm³/mol. The lowest BCUT2D eigenvalue weighted by Crippen LogP contribution is -3.15. The fourth-order valence-corrected chi connectivity index (χ4v) is 3.07. The number of nitrogens with zero attached hydrogens (tertiary/aromatic N) is 1. The summed E-state index contributed by atoms with van der Waals surface area (Å²) in [4.78, 5) is 27.8. The standard InChI is InChI=1S/C19H29N3O2/c1-14-8-9-15(2)17(12-14)20-18(23)13-21(4)16(3)19(24)22-10-6-5-7-11-22/h8-9,12,16H,5-7,10-11,13H2,1-4H3,(H,20,23)/p+1/t16-/m0/s1. The van der Waals surface area contributed by atoms with Crippen LogP contribution >= 0.6 is 0 Å². The molecule has 1 aliphatic rings. The highest BCUT2D eigenvalue weighted by Crippen LogP contribution is 2.15. The first-order chi connectivity index (χ1) is 11.4. The largest absolute Gasteiger partial charge is 0.338 e. The molecule has 1 fully saturated rings. The van der Waals surface area contributed by atoms with Crippen LogP contribution < -0.4 is 10.2 Å². The Bertz CT molecular complexity index is 594. The molecule has 2 atom stereocenters. The summed E-state index contributed by atoms with van der Waals surface area (Å²) in [6.07, 6.45) is 3.38. The first-order valence-electron chi connectivity index (χ1n) is 8.86. The average molecular weight is 332 g/mol. The van der Waals surface area contributed by atoms with Gasteiger partial charge in [-0.1, -0.05) is 12.1 Å². The molecule has 1 aliphatic heterocycles. The van der Waals surface area contributed by atoms with E-state index in [1.165, 1.54) is 6.42 Å². The number of nitrogens with one attached hydrogen (secondary N) is 2. The van der Waals surface area contributed by atoms with Crippen LogP contribution in [0.25, 0.3) is 0 Å². The summed E-state index contributed by atoms with van der Waals surface area (Å²) < 4.78 is 0. The van der Waals surface area contributed by atoms with Gasteiger partial charge in [0.05, 0.1) is 7.05 Å². The number of carbonyl (C=O) groups is 2. The Morgan fingerprint density at radius 3 is 2.54 bits per heavy atom. The van der Waals surface area contributed by atoms with E-state index >= 15 is 0 Å². The number of carbonyl (C=O) groups excluding carboxylic acids is 2. The van der Waals surface area contributed by atoms with Crippen molar-refractivity contribution in [1.29, 1.82) is 0 Å². The highest BCUT2D eigenvalue weighted by Gasteiger charge is 2.29. The molecule has 0 spiro atoms. The van der Waals surface area contributed by atoms with Gasteiger partial charge in [-0.2, -0.15) is 0 Å². The second kappa shape index (κ2) is 8.29. The lowest BCUT2D eigenvalue weighted by molar-refractivity contribution is -0.886. The molecule has 2 amide bonds. The first kappa shape index (κ1) is 18.5. The molecule has 1 saturated heterocycles. The Labute approximate surface area is 145 Å². The van der Waals surface area contributed by atoms with Gasteiger partial charge in [-0.15, -0.1) is 0 Å². The van der Waals surface area contributed by atoms with Gasteiger partial charge >= 0.3 is 0 Å². The molecule has 1 aromatic carbocycles. The van der Waals surface area contributed by atoms with Crippen LogP contribution in [0.2, 0.25) is 0 Å². The molecule has 5 nitrogen and oxygen atoms in total. The molecule has 5 heteroatoms. The van der Waals surface area contributed by atoms with Gasteiger partial charge in [0, 0.05) is 18.8 Å². The van der Waals surface area contributed by atoms with E-state index in [4.69, 9.17) is 0 Å². The topological polar surface area (TPSA) is 53.9 Å². The van der Waals surface area contributed by atoms with Crippen LogP contribution in [-0.2, 0) is 9.59 Å². The van der Waals surface area contributed by atoms with E-state index in [0.717, 1.165) is 47.6 Å². The van der Waals surface area contributed by atoms with Gasteiger partial charge in [-0.05, 0) is 57.2 Å². The van der Waals surface area contributed by atoms with Crippen molar-refractivity contribution in [3.63, 3.8) is 0 Å². The third kappa shape index (κ3) is 4.81. The van der Waals surface area contributed by atoms with Crippen LogP contribution in [0.1, 0.15) is 37.3 Å². The fourth-order valence-electron chi connectivity index (χ4n) is 3.07. The quantitative estimate of drug-likeness (QED) is 0.850. The number of aryl methyl sites for hydroxylation is 2. The second-order valence-corrected chi connectivity index (χ2v) is 7.00. The minimum Gasteiger partial charge on any atom is -0.338 e. The Morgan fingerprint density at radius 1 is 1.21 bits per heavy atom. The van der Waals surface area contributed by atoms with Crippen LogP contribution in [0.3, 0.4) is 0 Å². The molecule has 0 bridgehead atoms. The van der Waals surface area contributed by atoms with Crippen molar-refractivity contribution in [3.8, 4) is 0 Å². The normalized spacial score (nSPS) is 17.2. The summed E-state index contributed by atoms with van der Waals surface area (Å²) in [5, 5.41) is 2.97. The minimum absolute atomic E-state index is 0.0560. The van der Waals surface area contributed by atoms with Gasteiger partial charge in [0.1, 0.15) is 0 Å². The van der Waals surface area contributed by atoms with Crippen LogP contribution in [0.15, 0.2) is 18.2 Å². The van der Waals surface area contributed by atoms with Gasteiger partial charge in [0.25, 0.3) is 11.8 Å². The highest BCUT2D eigenvalue weighted by atomic mass is 16.2. The maximum absolute atomic E-state index is 12.6. The molecular formula is C19H30N3O2+. The smallest absolute Gasteiger partial charge is 0.280 e. The van der Waals surface area contributed by atoms with Gasteiger partial charge < -0.3 is 15.1 Å². The summed E-state index contributed by atoms with van der Waals surface area (Å²) in [5.74, 6) is 0.103. The Balaban J connectivity index is 1.90. The van der Waals surface area contributed by atoms with Crippen molar-refractivity contribution in [1.82, 2.24) is 4.90 Å². The maximum Gasteiger partial charge on any atom is 0.280 e. The SMILES string of the molecule is Cc1ccc(C)c(NC(=O)C[NH+](C)[C@@H](C)C(=O)N2CCCCC2)c1. The van der Waals surface area contributed by atoms with Crippen molar-refractivity contribution in [2.75, 3.05) is 32.0 Å². The van der Waals surface area contributed by atoms with E-state index < -0.39 is 0 Å².